The molecule has 9 heteroatoms. The highest BCUT2D eigenvalue weighted by molar-refractivity contribution is 6.87. The first-order valence-electron chi connectivity index (χ1n) is 15.7. The summed E-state index contributed by atoms with van der Waals surface area (Å²) < 4.78 is 28.4. The van der Waals surface area contributed by atoms with Crippen LogP contribution in [-0.2, 0) is 36.3 Å². The van der Waals surface area contributed by atoms with E-state index in [9.17, 15) is 9.59 Å². The van der Waals surface area contributed by atoms with Crippen LogP contribution < -0.4 is 0 Å². The van der Waals surface area contributed by atoms with Gasteiger partial charge < -0.3 is 23.1 Å². The highest BCUT2D eigenvalue weighted by Crippen LogP contribution is 2.48. The van der Waals surface area contributed by atoms with Gasteiger partial charge in [0.1, 0.15) is 25.4 Å². The van der Waals surface area contributed by atoms with E-state index < -0.39 is 41.2 Å². The second kappa shape index (κ2) is 17.0. The van der Waals surface area contributed by atoms with E-state index in [-0.39, 0.29) is 23.3 Å². The highest BCUT2D eigenvalue weighted by Gasteiger charge is 2.49. The van der Waals surface area contributed by atoms with E-state index in [0.29, 0.717) is 0 Å². The second-order valence-electron chi connectivity index (χ2n) is 13.8. The van der Waals surface area contributed by atoms with Crippen LogP contribution in [0.4, 0.5) is 9.59 Å². The van der Waals surface area contributed by atoms with Gasteiger partial charge in [0.05, 0.1) is 0 Å². The van der Waals surface area contributed by atoms with Gasteiger partial charge >= 0.3 is 12.3 Å². The Balaban J connectivity index is 1.84. The molecule has 0 spiro atoms. The Kier molecular flexibility index (Phi) is 14.3. The van der Waals surface area contributed by atoms with Gasteiger partial charge in [-0.3, -0.25) is 0 Å². The molecule has 0 heterocycles. The number of benzene rings is 2. The molecular weight excluding hydrogens is 601 g/mol. The summed E-state index contributed by atoms with van der Waals surface area (Å²) in [5.41, 5.74) is 1.83. The van der Waals surface area contributed by atoms with Crippen LogP contribution in [0.1, 0.15) is 65.5 Å². The van der Waals surface area contributed by atoms with Gasteiger partial charge in [-0.1, -0.05) is 101 Å². The number of rotatable bonds is 16. The van der Waals surface area contributed by atoms with Crippen molar-refractivity contribution >= 4 is 28.9 Å². The van der Waals surface area contributed by atoms with Crippen molar-refractivity contribution in [1.29, 1.82) is 0 Å². The maximum absolute atomic E-state index is 12.1. The van der Waals surface area contributed by atoms with Gasteiger partial charge in [-0.25, -0.2) is 9.59 Å². The van der Waals surface area contributed by atoms with Gasteiger partial charge in [0.25, 0.3) is 0 Å². The second-order valence-corrected chi connectivity index (χ2v) is 23.4. The minimum absolute atomic E-state index is 0.0598. The molecule has 7 nitrogen and oxygen atoms in total. The first kappa shape index (κ1) is 38.0. The van der Waals surface area contributed by atoms with Crippen molar-refractivity contribution < 1.29 is 32.7 Å². The van der Waals surface area contributed by atoms with E-state index in [0.717, 1.165) is 24.0 Å². The van der Waals surface area contributed by atoms with E-state index in [1.807, 2.05) is 86.7 Å². The molecule has 2 aromatic rings. The number of hydrogen-bond donors (Lipinski definition) is 0. The predicted molar refractivity (Wildman–Crippen MR) is 186 cm³/mol. The number of hydrogen-bond acceptors (Lipinski definition) is 7. The van der Waals surface area contributed by atoms with E-state index >= 15 is 0 Å². The Morgan fingerprint density at radius 1 is 0.644 bits per heavy atom. The van der Waals surface area contributed by atoms with Crippen molar-refractivity contribution in [3.8, 4) is 0 Å². The van der Waals surface area contributed by atoms with E-state index in [4.69, 9.17) is 23.1 Å². The first-order chi connectivity index (χ1) is 20.9. The molecule has 2 unspecified atom stereocenters. The lowest BCUT2D eigenvalue weighted by atomic mass is 10.1. The molecule has 0 aromatic heterocycles. The van der Waals surface area contributed by atoms with Crippen LogP contribution in [0.3, 0.4) is 0 Å². The smallest absolute Gasteiger partial charge is 0.455 e. The average Bonchev–Trinajstić information content (AvgIpc) is 2.95. The van der Waals surface area contributed by atoms with Gasteiger partial charge in [-0.05, 0) is 86.2 Å². The van der Waals surface area contributed by atoms with E-state index in [1.165, 1.54) is 0 Å². The molecule has 0 N–H and O–H groups in total. The zero-order valence-electron chi connectivity index (χ0n) is 28.9. The maximum Gasteiger partial charge on any atom is 0.509 e. The van der Waals surface area contributed by atoms with Crippen LogP contribution in [0, 0.1) is 0 Å². The van der Waals surface area contributed by atoms with Crippen molar-refractivity contribution in [2.45, 2.75) is 116 Å². The zero-order valence-corrected chi connectivity index (χ0v) is 30.9. The standard InChI is InChI=1S/C36H54O7Si2/c1-29(41-33(37)39-27-31-21-13-11-14-22-31)19-17-25-35(3,4)44(7,8)43-45(9,10)36(5,6)26-18-20-30(2)42-34(38)40-28-32-23-15-12-16-24-32/h11-24,29-30H,25-28H2,1-10H3/b19-17+,20-18+. The zero-order chi connectivity index (χ0) is 33.7. The summed E-state index contributed by atoms with van der Waals surface area (Å²) in [6.45, 7) is 22.2. The molecule has 0 saturated heterocycles. The first-order valence-corrected chi connectivity index (χ1v) is 21.5. The molecule has 0 bridgehead atoms. The fraction of sp³-hybridized carbons (Fsp3) is 0.500. The Bertz CT molecular complexity index is 1160. The number of carbonyl (C=O) groups excluding carboxylic acids is 2. The number of carbonyl (C=O) groups is 2. The summed E-state index contributed by atoms with van der Waals surface area (Å²) in [4.78, 5) is 24.2. The molecule has 248 valence electrons. The maximum atomic E-state index is 12.1. The van der Waals surface area contributed by atoms with Crippen LogP contribution >= 0.6 is 0 Å². The van der Waals surface area contributed by atoms with Crippen LogP contribution in [-0.4, -0.2) is 41.2 Å². The summed E-state index contributed by atoms with van der Waals surface area (Å²) in [6, 6.07) is 19.1. The van der Waals surface area contributed by atoms with Crippen LogP contribution in [0.15, 0.2) is 85.0 Å². The van der Waals surface area contributed by atoms with Crippen molar-refractivity contribution in [2.75, 3.05) is 0 Å². The fourth-order valence-corrected chi connectivity index (χ4v) is 12.9. The molecule has 2 rings (SSSR count). The highest BCUT2D eigenvalue weighted by atomic mass is 28.4. The SMILES string of the molecule is CC(/C=C/CC(C)(C)[Si](C)(C)O[Si](C)(C)C(C)(C)C/C=C/C(C)OC(=O)OCc1ccccc1)OC(=O)OCc1ccccc1. The Morgan fingerprint density at radius 2 is 0.978 bits per heavy atom. The lowest BCUT2D eigenvalue weighted by molar-refractivity contribution is 0.0359. The monoisotopic (exact) mass is 654 g/mol. The lowest BCUT2D eigenvalue weighted by Gasteiger charge is -2.49. The van der Waals surface area contributed by atoms with Gasteiger partial charge in [-0.15, -0.1) is 0 Å². The summed E-state index contributed by atoms with van der Waals surface area (Å²) in [6.07, 6.45) is 7.44. The molecule has 0 fully saturated rings. The normalized spacial score (nSPS) is 14.3. The van der Waals surface area contributed by atoms with Crippen LogP contribution in [0.5, 0.6) is 0 Å². The van der Waals surface area contributed by atoms with Crippen LogP contribution in [0.2, 0.25) is 36.3 Å². The summed E-state index contributed by atoms with van der Waals surface area (Å²) in [5.74, 6) is 0. The molecule has 0 aliphatic carbocycles. The lowest BCUT2D eigenvalue weighted by Crippen LogP contribution is -2.54. The predicted octanol–water partition coefficient (Wildman–Crippen LogP) is 10.3. The minimum atomic E-state index is -2.18. The molecule has 45 heavy (non-hydrogen) atoms. The van der Waals surface area contributed by atoms with Crippen molar-refractivity contribution in [3.63, 3.8) is 0 Å². The Hall–Kier alpha value is -3.15. The summed E-state index contributed by atoms with van der Waals surface area (Å²) >= 11 is 0. The van der Waals surface area contributed by atoms with Gasteiger partial charge in [-0.2, -0.15) is 0 Å². The molecule has 0 aliphatic rings. The summed E-state index contributed by atoms with van der Waals surface area (Å²) in [5, 5.41) is -0.120. The van der Waals surface area contributed by atoms with Gasteiger partial charge in [0.15, 0.2) is 16.6 Å². The number of ether oxygens (including phenoxy) is 4. The van der Waals surface area contributed by atoms with Crippen molar-refractivity contribution in [1.82, 2.24) is 0 Å². The third-order valence-corrected chi connectivity index (χ3v) is 19.8. The van der Waals surface area contributed by atoms with Gasteiger partial charge in [0.2, 0.25) is 0 Å². The molecule has 2 aromatic carbocycles. The number of allylic oxidation sites excluding steroid dienone is 2. The molecular formula is C36H54O7Si2. The summed E-state index contributed by atoms with van der Waals surface area (Å²) in [7, 11) is -4.36. The van der Waals surface area contributed by atoms with E-state index in [1.54, 1.807) is 0 Å². The third kappa shape index (κ3) is 13.0. The third-order valence-electron chi connectivity index (χ3n) is 8.80. The molecule has 0 aliphatic heterocycles. The Labute approximate surface area is 273 Å². The quantitative estimate of drug-likeness (QED) is 0.101. The molecule has 0 radical (unpaired) electrons. The van der Waals surface area contributed by atoms with Crippen LogP contribution in [0.25, 0.3) is 0 Å². The average molecular weight is 655 g/mol. The molecule has 0 amide bonds. The van der Waals surface area contributed by atoms with Gasteiger partial charge in [0, 0.05) is 0 Å². The van der Waals surface area contributed by atoms with E-state index in [2.05, 4.69) is 66.0 Å². The molecule has 0 saturated carbocycles. The van der Waals surface area contributed by atoms with Crippen molar-refractivity contribution in [3.05, 3.63) is 96.1 Å². The minimum Gasteiger partial charge on any atom is -0.455 e. The molecule has 2 atom stereocenters. The Morgan fingerprint density at radius 3 is 1.31 bits per heavy atom. The largest absolute Gasteiger partial charge is 0.509 e. The fourth-order valence-electron chi connectivity index (χ4n) is 4.40. The van der Waals surface area contributed by atoms with Crippen molar-refractivity contribution in [2.24, 2.45) is 0 Å². The topological polar surface area (TPSA) is 80.3 Å².